The highest BCUT2D eigenvalue weighted by Gasteiger charge is 2.75. The maximum Gasteiger partial charge on any atom is 0.430 e. The zero-order valence-corrected chi connectivity index (χ0v) is 11.1. The van der Waals surface area contributed by atoms with Gasteiger partial charge < -0.3 is 9.84 Å². The van der Waals surface area contributed by atoms with Crippen molar-refractivity contribution < 1.29 is 41.0 Å². The molecule has 3 nitrogen and oxygen atoms in total. The molecule has 0 heterocycles. The number of esters is 1. The molecule has 1 unspecified atom stereocenters. The van der Waals surface area contributed by atoms with E-state index in [4.69, 9.17) is 0 Å². The fourth-order valence-electron chi connectivity index (χ4n) is 1.59. The fourth-order valence-corrected chi connectivity index (χ4v) is 1.59. The first-order chi connectivity index (χ1) is 8.79. The highest BCUT2D eigenvalue weighted by molar-refractivity contribution is 5.69. The molecule has 0 aromatic heterocycles. The molecule has 9 heteroatoms. The van der Waals surface area contributed by atoms with E-state index in [0.717, 1.165) is 13.8 Å². The predicted molar refractivity (Wildman–Crippen MR) is 56.7 cm³/mol. The van der Waals surface area contributed by atoms with E-state index in [2.05, 4.69) is 4.74 Å². The van der Waals surface area contributed by atoms with Crippen molar-refractivity contribution in [2.75, 3.05) is 0 Å². The number of halogens is 6. The summed E-state index contributed by atoms with van der Waals surface area (Å²) in [6.45, 7) is 3.49. The van der Waals surface area contributed by atoms with Gasteiger partial charge in [-0.15, -0.1) is 0 Å². The Bertz CT molecular complexity index is 320. The lowest BCUT2D eigenvalue weighted by Gasteiger charge is -2.39. The molecule has 0 spiro atoms. The van der Waals surface area contributed by atoms with Crippen LogP contribution in [0.4, 0.5) is 26.3 Å². The van der Waals surface area contributed by atoms with Gasteiger partial charge in [0.25, 0.3) is 5.60 Å². The minimum absolute atomic E-state index is 0.195. The maximum atomic E-state index is 12.7. The zero-order chi connectivity index (χ0) is 16.4. The van der Waals surface area contributed by atoms with Gasteiger partial charge in [0.1, 0.15) is 0 Å². The van der Waals surface area contributed by atoms with Crippen LogP contribution in [0.15, 0.2) is 0 Å². The van der Waals surface area contributed by atoms with Gasteiger partial charge >= 0.3 is 18.3 Å². The van der Waals surface area contributed by atoms with E-state index in [-0.39, 0.29) is 12.8 Å². The minimum Gasteiger partial charge on any atom is -0.458 e. The Morgan fingerprint density at radius 1 is 1.10 bits per heavy atom. The summed E-state index contributed by atoms with van der Waals surface area (Å²) >= 11 is 0. The smallest absolute Gasteiger partial charge is 0.430 e. The number of ether oxygens (including phenoxy) is 1. The molecule has 0 aromatic carbocycles. The lowest BCUT2D eigenvalue weighted by Crippen LogP contribution is -2.66. The van der Waals surface area contributed by atoms with Gasteiger partial charge in [-0.3, -0.25) is 4.79 Å². The van der Waals surface area contributed by atoms with Gasteiger partial charge in [0.15, 0.2) is 6.10 Å². The molecule has 0 aliphatic rings. The van der Waals surface area contributed by atoms with E-state index in [0.29, 0.717) is 0 Å². The summed E-state index contributed by atoms with van der Waals surface area (Å²) in [5.74, 6) is -2.61. The third kappa shape index (κ3) is 3.77. The van der Waals surface area contributed by atoms with Crippen LogP contribution in [0, 0.1) is 5.92 Å². The second-order valence-electron chi connectivity index (χ2n) is 4.67. The van der Waals surface area contributed by atoms with Crippen LogP contribution in [0.25, 0.3) is 0 Å². The molecule has 0 amide bonds. The minimum atomic E-state index is -6.02. The van der Waals surface area contributed by atoms with Crippen molar-refractivity contribution in [2.45, 2.75) is 57.7 Å². The van der Waals surface area contributed by atoms with Crippen molar-refractivity contribution in [1.29, 1.82) is 0 Å². The average Bonchev–Trinajstić information content (AvgIpc) is 2.21. The second kappa shape index (κ2) is 6.19. The first-order valence-corrected chi connectivity index (χ1v) is 5.84. The molecule has 0 saturated carbocycles. The van der Waals surface area contributed by atoms with Crippen LogP contribution >= 0.6 is 0 Å². The monoisotopic (exact) mass is 310 g/mol. The number of hydrogen-bond acceptors (Lipinski definition) is 3. The van der Waals surface area contributed by atoms with E-state index in [1.807, 2.05) is 0 Å². The molecule has 0 aliphatic carbocycles. The van der Waals surface area contributed by atoms with Crippen molar-refractivity contribution in [3.63, 3.8) is 0 Å². The Kier molecular flexibility index (Phi) is 5.89. The Labute approximate surface area is 111 Å². The van der Waals surface area contributed by atoms with Gasteiger partial charge in [-0.25, -0.2) is 0 Å². The van der Waals surface area contributed by atoms with Crippen molar-refractivity contribution in [3.8, 4) is 0 Å². The predicted octanol–water partition coefficient (Wildman–Crippen LogP) is 3.21. The molecule has 1 N–H and O–H groups in total. The molecule has 0 radical (unpaired) electrons. The van der Waals surface area contributed by atoms with Crippen molar-refractivity contribution in [1.82, 2.24) is 0 Å². The van der Waals surface area contributed by atoms with Crippen LogP contribution in [0.3, 0.4) is 0 Å². The molecule has 0 aromatic rings. The topological polar surface area (TPSA) is 46.5 Å². The lowest BCUT2D eigenvalue weighted by atomic mass is 9.87. The highest BCUT2D eigenvalue weighted by Crippen LogP contribution is 2.47. The van der Waals surface area contributed by atoms with E-state index < -0.39 is 35.9 Å². The summed E-state index contributed by atoms with van der Waals surface area (Å²) in [5, 5.41) is 9.20. The van der Waals surface area contributed by atoms with Gasteiger partial charge in [-0.05, 0) is 12.3 Å². The molecule has 0 saturated heterocycles. The van der Waals surface area contributed by atoms with Gasteiger partial charge in [0, 0.05) is 6.42 Å². The Hall–Kier alpha value is -0.990. The summed E-state index contributed by atoms with van der Waals surface area (Å²) in [5.41, 5.74) is -5.10. The van der Waals surface area contributed by atoms with E-state index in [1.54, 1.807) is 0 Å². The second-order valence-corrected chi connectivity index (χ2v) is 4.67. The first kappa shape index (κ1) is 19.0. The summed E-state index contributed by atoms with van der Waals surface area (Å²) in [4.78, 5) is 11.2. The number of alkyl halides is 6. The van der Waals surface area contributed by atoms with Crippen molar-refractivity contribution >= 4 is 5.97 Å². The van der Waals surface area contributed by atoms with Crippen molar-refractivity contribution in [2.24, 2.45) is 5.92 Å². The highest BCUT2D eigenvalue weighted by atomic mass is 19.4. The van der Waals surface area contributed by atoms with Crippen LogP contribution in [0.5, 0.6) is 0 Å². The number of carbonyl (C=O) groups is 1. The normalized spacial score (nSPS) is 15.3. The van der Waals surface area contributed by atoms with E-state index in [1.165, 1.54) is 6.92 Å². The zero-order valence-electron chi connectivity index (χ0n) is 11.1. The molecule has 0 fully saturated rings. The maximum absolute atomic E-state index is 12.7. The third-order valence-corrected chi connectivity index (χ3v) is 2.59. The van der Waals surface area contributed by atoms with E-state index >= 15 is 0 Å². The van der Waals surface area contributed by atoms with E-state index in [9.17, 15) is 36.2 Å². The largest absolute Gasteiger partial charge is 0.458 e. The third-order valence-electron chi connectivity index (χ3n) is 2.59. The number of rotatable bonds is 5. The Morgan fingerprint density at radius 3 is 1.75 bits per heavy atom. The summed E-state index contributed by atoms with van der Waals surface area (Å²) in [6.07, 6.45) is -14.9. The molecule has 120 valence electrons. The average molecular weight is 310 g/mol. The molecule has 0 aliphatic heterocycles. The van der Waals surface area contributed by atoms with Gasteiger partial charge in [-0.1, -0.05) is 20.8 Å². The summed E-state index contributed by atoms with van der Waals surface area (Å²) in [6, 6.07) is 0. The summed E-state index contributed by atoms with van der Waals surface area (Å²) in [7, 11) is 0. The fraction of sp³-hybridized carbons (Fsp3) is 0.909. The first-order valence-electron chi connectivity index (χ1n) is 5.84. The molecule has 0 rings (SSSR count). The van der Waals surface area contributed by atoms with Crippen molar-refractivity contribution in [3.05, 3.63) is 0 Å². The van der Waals surface area contributed by atoms with Gasteiger partial charge in [0.2, 0.25) is 0 Å². The van der Waals surface area contributed by atoms with Gasteiger partial charge in [-0.2, -0.15) is 26.3 Å². The van der Waals surface area contributed by atoms with Crippen LogP contribution in [-0.2, 0) is 9.53 Å². The molecular weight excluding hydrogens is 294 g/mol. The summed E-state index contributed by atoms with van der Waals surface area (Å²) < 4.78 is 80.4. The quantitative estimate of drug-likeness (QED) is 0.626. The molecule has 1 atom stereocenters. The van der Waals surface area contributed by atoms with Crippen LogP contribution in [0.1, 0.15) is 33.6 Å². The van der Waals surface area contributed by atoms with Crippen LogP contribution in [-0.4, -0.2) is 35.1 Å². The van der Waals surface area contributed by atoms with Gasteiger partial charge in [0.05, 0.1) is 0 Å². The number of aliphatic hydroxyl groups is 1. The molecular formula is C11H16F6O3. The molecule has 20 heavy (non-hydrogen) atoms. The lowest BCUT2D eigenvalue weighted by molar-refractivity contribution is -0.395. The Morgan fingerprint density at radius 2 is 1.50 bits per heavy atom. The standard InChI is InChI=1S/C11H16F6O3/c1-4-5-7(18)20-8(6(2)3)9(19,10(12,13)14)11(15,16)17/h6,8,19H,4-5H2,1-3H3. The van der Waals surface area contributed by atoms with Crippen LogP contribution < -0.4 is 0 Å². The Balaban J connectivity index is 5.65. The SMILES string of the molecule is CCCC(=O)OC(C(C)C)C(O)(C(F)(F)F)C(F)(F)F. The number of carbonyl (C=O) groups excluding carboxylic acids is 1. The number of hydrogen-bond donors (Lipinski definition) is 1. The molecule has 0 bridgehead atoms. The van der Waals surface area contributed by atoms with Crippen LogP contribution in [0.2, 0.25) is 0 Å².